The highest BCUT2D eigenvalue weighted by Gasteiger charge is 2.27. The molecule has 4 heterocycles. The molecule has 1 fully saturated rings. The number of nitrogens with one attached hydrogen (secondary N) is 1. The third-order valence-corrected chi connectivity index (χ3v) is 6.36. The Morgan fingerprint density at radius 1 is 1.27 bits per heavy atom. The second kappa shape index (κ2) is 9.84. The lowest BCUT2D eigenvalue weighted by Crippen LogP contribution is -2.37. The van der Waals surface area contributed by atoms with Gasteiger partial charge in [-0.15, -0.1) is 0 Å². The number of fused-ring (bicyclic) bond motifs is 1. The summed E-state index contributed by atoms with van der Waals surface area (Å²) in [5.41, 5.74) is 4.59. The van der Waals surface area contributed by atoms with Crippen molar-refractivity contribution in [2.75, 3.05) is 19.7 Å². The lowest BCUT2D eigenvalue weighted by Gasteiger charge is -2.18. The Bertz CT molecular complexity index is 1090. The number of benzene rings is 1. The molecule has 5 rings (SSSR count). The van der Waals surface area contributed by atoms with Crippen LogP contribution in [0.15, 0.2) is 34.9 Å². The average Bonchev–Trinajstić information content (AvgIpc) is 3.58. The summed E-state index contributed by atoms with van der Waals surface area (Å²) in [7, 11) is 0. The minimum atomic E-state index is 0.0161. The van der Waals surface area contributed by atoms with Gasteiger partial charge in [-0.25, -0.2) is 0 Å². The smallest absolute Gasteiger partial charge is 0.227 e. The van der Waals surface area contributed by atoms with Crippen LogP contribution in [0.3, 0.4) is 0 Å². The maximum Gasteiger partial charge on any atom is 0.227 e. The summed E-state index contributed by atoms with van der Waals surface area (Å²) in [6, 6.07) is 9.83. The number of ether oxygens (including phenoxy) is 1. The molecule has 1 saturated heterocycles. The molecule has 9 nitrogen and oxygen atoms in total. The first-order valence-corrected chi connectivity index (χ1v) is 11.7. The molecule has 0 radical (unpaired) electrons. The number of aromatic nitrogens is 4. The lowest BCUT2D eigenvalue weighted by atomic mass is 10.1. The van der Waals surface area contributed by atoms with Crippen LogP contribution in [0, 0.1) is 0 Å². The largest absolute Gasteiger partial charge is 0.376 e. The number of rotatable bonds is 8. The quantitative estimate of drug-likeness (QED) is 0.562. The molecule has 3 aromatic rings. The van der Waals surface area contributed by atoms with Crippen molar-refractivity contribution in [1.82, 2.24) is 30.1 Å². The Balaban J connectivity index is 1.10. The summed E-state index contributed by atoms with van der Waals surface area (Å²) in [5, 5.41) is 12.0. The molecule has 9 heteroatoms. The van der Waals surface area contributed by atoms with Crippen LogP contribution in [-0.4, -0.2) is 56.5 Å². The summed E-state index contributed by atoms with van der Waals surface area (Å²) >= 11 is 0. The van der Waals surface area contributed by atoms with E-state index in [-0.39, 0.29) is 11.9 Å². The highest BCUT2D eigenvalue weighted by Crippen LogP contribution is 2.23. The van der Waals surface area contributed by atoms with E-state index in [9.17, 15) is 4.79 Å². The summed E-state index contributed by atoms with van der Waals surface area (Å²) in [5.74, 6) is 1.05. The monoisotopic (exact) mass is 450 g/mol. The van der Waals surface area contributed by atoms with Crippen LogP contribution in [0.2, 0.25) is 0 Å². The van der Waals surface area contributed by atoms with Gasteiger partial charge in [0, 0.05) is 68.3 Å². The van der Waals surface area contributed by atoms with Gasteiger partial charge in [-0.3, -0.25) is 14.4 Å². The molecule has 1 aromatic carbocycles. The number of carbonyl (C=O) groups excluding carboxylic acids is 1. The van der Waals surface area contributed by atoms with Crippen LogP contribution >= 0.6 is 0 Å². The predicted octanol–water partition coefficient (Wildman–Crippen LogP) is 2.35. The molecule has 2 aliphatic rings. The molecular formula is C24H30N6O3. The Morgan fingerprint density at radius 2 is 2.15 bits per heavy atom. The third kappa shape index (κ3) is 4.99. The van der Waals surface area contributed by atoms with E-state index in [1.54, 1.807) is 0 Å². The first-order valence-electron chi connectivity index (χ1n) is 11.7. The van der Waals surface area contributed by atoms with E-state index < -0.39 is 0 Å². The van der Waals surface area contributed by atoms with Gasteiger partial charge in [-0.05, 0) is 13.3 Å². The van der Waals surface area contributed by atoms with Gasteiger partial charge in [0.05, 0.1) is 18.9 Å². The highest BCUT2D eigenvalue weighted by molar-refractivity contribution is 5.76. The van der Waals surface area contributed by atoms with Crippen LogP contribution in [0.1, 0.15) is 42.6 Å². The molecule has 2 aromatic heterocycles. The van der Waals surface area contributed by atoms with Crippen LogP contribution < -0.4 is 5.32 Å². The topological polar surface area (TPSA) is 98.3 Å². The summed E-state index contributed by atoms with van der Waals surface area (Å²) in [4.78, 5) is 19.3. The van der Waals surface area contributed by atoms with Crippen molar-refractivity contribution >= 4 is 5.91 Å². The first kappa shape index (κ1) is 21.8. The van der Waals surface area contributed by atoms with Crippen molar-refractivity contribution in [1.29, 1.82) is 0 Å². The highest BCUT2D eigenvalue weighted by atomic mass is 16.5. The van der Waals surface area contributed by atoms with Crippen molar-refractivity contribution in [2.24, 2.45) is 0 Å². The number of amides is 1. The Kier molecular flexibility index (Phi) is 6.50. The molecule has 0 saturated carbocycles. The second-order valence-electron chi connectivity index (χ2n) is 8.66. The van der Waals surface area contributed by atoms with Gasteiger partial charge in [-0.2, -0.15) is 10.1 Å². The van der Waals surface area contributed by atoms with Crippen LogP contribution in [0.4, 0.5) is 0 Å². The zero-order chi connectivity index (χ0) is 22.6. The molecule has 0 aliphatic carbocycles. The zero-order valence-corrected chi connectivity index (χ0v) is 19.0. The summed E-state index contributed by atoms with van der Waals surface area (Å²) < 4.78 is 13.1. The minimum absolute atomic E-state index is 0.0161. The van der Waals surface area contributed by atoms with Crippen LogP contribution in [0.5, 0.6) is 0 Å². The number of likely N-dealkylation sites (tertiary alicyclic amines) is 1. The number of nitrogens with zero attached hydrogens (tertiary/aromatic N) is 5. The molecule has 1 unspecified atom stereocenters. The van der Waals surface area contributed by atoms with Gasteiger partial charge >= 0.3 is 0 Å². The Morgan fingerprint density at radius 3 is 3.00 bits per heavy atom. The molecule has 1 atom stereocenters. The Labute approximate surface area is 193 Å². The molecular weight excluding hydrogens is 420 g/mol. The normalized spacial score (nSPS) is 18.4. The van der Waals surface area contributed by atoms with Crippen LogP contribution in [0.25, 0.3) is 11.4 Å². The van der Waals surface area contributed by atoms with Gasteiger partial charge in [0.25, 0.3) is 0 Å². The fourth-order valence-corrected chi connectivity index (χ4v) is 4.65. The third-order valence-electron chi connectivity index (χ3n) is 6.36. The van der Waals surface area contributed by atoms with E-state index in [1.165, 1.54) is 11.3 Å². The number of carbonyl (C=O) groups is 1. The van der Waals surface area contributed by atoms with Crippen molar-refractivity contribution in [3.8, 4) is 11.4 Å². The lowest BCUT2D eigenvalue weighted by molar-refractivity contribution is -0.121. The van der Waals surface area contributed by atoms with E-state index in [0.717, 1.165) is 56.9 Å². The van der Waals surface area contributed by atoms with Gasteiger partial charge in [-0.1, -0.05) is 35.5 Å². The zero-order valence-electron chi connectivity index (χ0n) is 19.0. The number of hydrogen-bond donors (Lipinski definition) is 1. The number of hydrogen-bond acceptors (Lipinski definition) is 7. The molecule has 0 spiro atoms. The average molecular weight is 451 g/mol. The fourth-order valence-electron chi connectivity index (χ4n) is 4.65. The summed E-state index contributed by atoms with van der Waals surface area (Å²) in [6.07, 6.45) is 2.64. The van der Waals surface area contributed by atoms with Crippen molar-refractivity contribution in [3.63, 3.8) is 0 Å². The van der Waals surface area contributed by atoms with Gasteiger partial charge in [0.15, 0.2) is 0 Å². The Hall–Kier alpha value is -3.04. The number of aryl methyl sites for hydroxylation is 2. The summed E-state index contributed by atoms with van der Waals surface area (Å²) in [6.45, 7) is 7.02. The maximum atomic E-state index is 12.5. The molecule has 1 amide bonds. The van der Waals surface area contributed by atoms with Crippen molar-refractivity contribution < 1.29 is 14.1 Å². The van der Waals surface area contributed by atoms with E-state index in [0.29, 0.717) is 31.2 Å². The fraction of sp³-hybridized carbons (Fsp3) is 0.500. The molecule has 174 valence electrons. The molecule has 33 heavy (non-hydrogen) atoms. The standard InChI is InChI=1S/C24H30N6O3/c1-2-30-21-11-13-32-16-19(21)20(27-30)15-29-12-10-18(14-29)25-22(31)8-9-23-26-24(28-33-23)17-6-4-3-5-7-17/h3-7,18H,2,8-16H2,1H3,(H,25,31). The van der Waals surface area contributed by atoms with E-state index >= 15 is 0 Å². The van der Waals surface area contributed by atoms with E-state index in [1.807, 2.05) is 30.3 Å². The minimum Gasteiger partial charge on any atom is -0.376 e. The predicted molar refractivity (Wildman–Crippen MR) is 121 cm³/mol. The van der Waals surface area contributed by atoms with Gasteiger partial charge in [0.1, 0.15) is 0 Å². The molecule has 0 bridgehead atoms. The van der Waals surface area contributed by atoms with E-state index in [2.05, 4.69) is 32.0 Å². The first-order chi connectivity index (χ1) is 16.2. The molecule has 2 aliphatic heterocycles. The van der Waals surface area contributed by atoms with E-state index in [4.69, 9.17) is 14.4 Å². The molecule has 1 N–H and O–H groups in total. The SMILES string of the molecule is CCn1nc(CN2CCC(NC(=O)CCc3nc(-c4ccccc4)no3)C2)c2c1CCOC2. The van der Waals surface area contributed by atoms with Crippen molar-refractivity contribution in [3.05, 3.63) is 53.2 Å². The van der Waals surface area contributed by atoms with Gasteiger partial charge in [0.2, 0.25) is 17.6 Å². The maximum absolute atomic E-state index is 12.5. The van der Waals surface area contributed by atoms with Crippen LogP contribution in [-0.2, 0) is 42.1 Å². The van der Waals surface area contributed by atoms with Crippen molar-refractivity contribution in [2.45, 2.75) is 58.3 Å². The van der Waals surface area contributed by atoms with Gasteiger partial charge < -0.3 is 14.6 Å². The second-order valence-corrected chi connectivity index (χ2v) is 8.66.